The van der Waals surface area contributed by atoms with Crippen LogP contribution in [0.25, 0.3) is 0 Å². The molecule has 0 bridgehead atoms. The monoisotopic (exact) mass is 718 g/mol. The number of aliphatic hydroxyl groups is 3. The van der Waals surface area contributed by atoms with E-state index >= 15 is 0 Å². The van der Waals surface area contributed by atoms with E-state index in [9.17, 15) is 20.1 Å². The Bertz CT molecular complexity index is 794. The third-order valence-corrected chi connectivity index (χ3v) is 10.1. The Labute approximate surface area is 317 Å². The van der Waals surface area contributed by atoms with Crippen molar-refractivity contribution in [2.45, 2.75) is 244 Å². The van der Waals surface area contributed by atoms with E-state index in [2.05, 4.69) is 43.5 Å². The van der Waals surface area contributed by atoms with Crippen molar-refractivity contribution in [1.29, 1.82) is 0 Å². The maximum absolute atomic E-state index is 12.4. The second-order valence-corrected chi connectivity index (χ2v) is 15.3. The maximum atomic E-state index is 12.4. The third kappa shape index (κ3) is 38.1. The molecule has 4 N–H and O–H groups in total. The molecule has 51 heavy (non-hydrogen) atoms. The van der Waals surface area contributed by atoms with Gasteiger partial charge in [0.05, 0.1) is 31.3 Å². The summed E-state index contributed by atoms with van der Waals surface area (Å²) in [6.45, 7) is 4.20. The van der Waals surface area contributed by atoms with Crippen LogP contribution in [-0.2, 0) is 4.79 Å². The first-order valence-corrected chi connectivity index (χ1v) is 22.3. The molecular formula is C46H87NO4. The van der Waals surface area contributed by atoms with Gasteiger partial charge in [-0.25, -0.2) is 0 Å². The van der Waals surface area contributed by atoms with E-state index in [1.165, 1.54) is 154 Å². The van der Waals surface area contributed by atoms with Crippen LogP contribution in [-0.4, -0.2) is 46.1 Å². The molecule has 5 nitrogen and oxygen atoms in total. The molecule has 0 aliphatic heterocycles. The van der Waals surface area contributed by atoms with Gasteiger partial charge in [-0.1, -0.05) is 198 Å². The molecule has 1 amide bonds. The van der Waals surface area contributed by atoms with Gasteiger partial charge in [-0.05, 0) is 57.8 Å². The van der Waals surface area contributed by atoms with Gasteiger partial charge in [-0.2, -0.15) is 0 Å². The minimum absolute atomic E-state index is 0.00449. The number of rotatable bonds is 40. The number of unbranched alkanes of at least 4 members (excludes halogenated alkanes) is 27. The highest BCUT2D eigenvalue weighted by Gasteiger charge is 2.20. The van der Waals surface area contributed by atoms with Crippen LogP contribution in [0.4, 0.5) is 0 Å². The fourth-order valence-corrected chi connectivity index (χ4v) is 6.70. The van der Waals surface area contributed by atoms with Crippen molar-refractivity contribution in [3.8, 4) is 0 Å². The number of carbonyl (C=O) groups excluding carboxylic acids is 1. The van der Waals surface area contributed by atoms with Crippen molar-refractivity contribution in [3.63, 3.8) is 0 Å². The Morgan fingerprint density at radius 2 is 0.843 bits per heavy atom. The first-order valence-electron chi connectivity index (χ1n) is 22.3. The highest BCUT2D eigenvalue weighted by Crippen LogP contribution is 2.15. The summed E-state index contributed by atoms with van der Waals surface area (Å²) in [6.07, 6.45) is 51.5. The number of aliphatic hydroxyl groups excluding tert-OH is 3. The molecule has 0 saturated heterocycles. The van der Waals surface area contributed by atoms with Crippen molar-refractivity contribution in [3.05, 3.63) is 36.5 Å². The number of carbonyl (C=O) groups is 1. The standard InChI is InChI=1S/C46H87NO4/c1-3-5-7-9-11-13-15-17-19-20-21-22-23-24-25-26-28-30-32-34-36-38-40-45(50)44(42-48)47-46(51)41-43(49)39-37-35-33-31-29-27-18-16-14-12-10-8-6-4-2/h27,29-30,32,38,40,43-45,48-50H,3-26,28,31,33-37,39,41-42H2,1-2H3,(H,47,51)/b29-27-,32-30+,40-38+. The lowest BCUT2D eigenvalue weighted by atomic mass is 10.0. The van der Waals surface area contributed by atoms with Gasteiger partial charge in [0.15, 0.2) is 0 Å². The van der Waals surface area contributed by atoms with Gasteiger partial charge < -0.3 is 20.6 Å². The van der Waals surface area contributed by atoms with Gasteiger partial charge in [0.25, 0.3) is 0 Å². The van der Waals surface area contributed by atoms with Crippen LogP contribution in [0.15, 0.2) is 36.5 Å². The predicted octanol–water partition coefficient (Wildman–Crippen LogP) is 12.8. The van der Waals surface area contributed by atoms with Gasteiger partial charge in [0.1, 0.15) is 0 Å². The lowest BCUT2D eigenvalue weighted by molar-refractivity contribution is -0.124. The molecule has 0 aliphatic carbocycles. The normalized spacial score (nSPS) is 13.9. The summed E-state index contributed by atoms with van der Waals surface area (Å²) < 4.78 is 0. The highest BCUT2D eigenvalue weighted by molar-refractivity contribution is 5.76. The van der Waals surface area contributed by atoms with E-state index in [0.717, 1.165) is 44.9 Å². The van der Waals surface area contributed by atoms with Crippen LogP contribution in [0.1, 0.15) is 226 Å². The summed E-state index contributed by atoms with van der Waals surface area (Å²) in [7, 11) is 0. The summed E-state index contributed by atoms with van der Waals surface area (Å²) in [5, 5.41) is 33.2. The highest BCUT2D eigenvalue weighted by atomic mass is 16.3. The second-order valence-electron chi connectivity index (χ2n) is 15.3. The Kier molecular flexibility index (Phi) is 40.2. The Balaban J connectivity index is 3.71. The molecule has 0 aromatic carbocycles. The molecule has 3 atom stereocenters. The fraction of sp³-hybridized carbons (Fsp3) is 0.848. The van der Waals surface area contributed by atoms with E-state index in [0.29, 0.717) is 6.42 Å². The summed E-state index contributed by atoms with van der Waals surface area (Å²) >= 11 is 0. The number of hydrogen-bond acceptors (Lipinski definition) is 4. The van der Waals surface area contributed by atoms with Crippen LogP contribution >= 0.6 is 0 Å². The Morgan fingerprint density at radius 1 is 0.490 bits per heavy atom. The quantitative estimate of drug-likeness (QED) is 0.0375. The topological polar surface area (TPSA) is 89.8 Å². The summed E-state index contributed by atoms with van der Waals surface area (Å²) in [5.74, 6) is -0.334. The van der Waals surface area contributed by atoms with Crippen molar-refractivity contribution >= 4 is 5.91 Å². The van der Waals surface area contributed by atoms with E-state index < -0.39 is 18.2 Å². The second kappa shape index (κ2) is 41.3. The van der Waals surface area contributed by atoms with Crippen molar-refractivity contribution in [2.24, 2.45) is 0 Å². The first-order chi connectivity index (χ1) is 25.0. The fourth-order valence-electron chi connectivity index (χ4n) is 6.70. The molecule has 5 heteroatoms. The molecule has 0 rings (SSSR count). The molecule has 0 fully saturated rings. The van der Waals surface area contributed by atoms with E-state index in [-0.39, 0.29) is 18.9 Å². The van der Waals surface area contributed by atoms with Crippen LogP contribution in [0.3, 0.4) is 0 Å². The summed E-state index contributed by atoms with van der Waals surface area (Å²) in [4.78, 5) is 12.4. The molecule has 0 radical (unpaired) electrons. The zero-order chi connectivity index (χ0) is 37.3. The minimum Gasteiger partial charge on any atom is -0.394 e. The first kappa shape index (κ1) is 49.6. The average molecular weight is 718 g/mol. The maximum Gasteiger partial charge on any atom is 0.222 e. The van der Waals surface area contributed by atoms with Crippen molar-refractivity contribution in [1.82, 2.24) is 5.32 Å². The summed E-state index contributed by atoms with van der Waals surface area (Å²) in [6, 6.07) is -0.765. The SMILES string of the molecule is CCCCCCCCC/C=C\CCCCCC(O)CC(=O)NC(CO)C(O)/C=C/CC/C=C/CCCCCCCCCCCCCCCCCC. The van der Waals surface area contributed by atoms with Crippen LogP contribution in [0, 0.1) is 0 Å². The van der Waals surface area contributed by atoms with Gasteiger partial charge in [-0.3, -0.25) is 4.79 Å². The molecule has 300 valence electrons. The minimum atomic E-state index is -0.955. The number of hydrogen-bond donors (Lipinski definition) is 4. The lowest BCUT2D eigenvalue weighted by Gasteiger charge is -2.20. The predicted molar refractivity (Wildman–Crippen MR) is 222 cm³/mol. The van der Waals surface area contributed by atoms with Crippen molar-refractivity contribution < 1.29 is 20.1 Å². The molecule has 0 aliphatic rings. The largest absolute Gasteiger partial charge is 0.394 e. The van der Waals surface area contributed by atoms with Crippen LogP contribution in [0.5, 0.6) is 0 Å². The Morgan fingerprint density at radius 3 is 1.25 bits per heavy atom. The van der Waals surface area contributed by atoms with E-state index in [1.807, 2.05) is 6.08 Å². The van der Waals surface area contributed by atoms with Gasteiger partial charge in [-0.15, -0.1) is 0 Å². The molecule has 0 heterocycles. The third-order valence-electron chi connectivity index (χ3n) is 10.1. The van der Waals surface area contributed by atoms with Crippen molar-refractivity contribution in [2.75, 3.05) is 6.61 Å². The average Bonchev–Trinajstić information content (AvgIpc) is 3.12. The smallest absolute Gasteiger partial charge is 0.222 e. The lowest BCUT2D eigenvalue weighted by Crippen LogP contribution is -2.45. The molecule has 0 spiro atoms. The number of nitrogens with one attached hydrogen (secondary N) is 1. The van der Waals surface area contributed by atoms with Gasteiger partial charge >= 0.3 is 0 Å². The number of allylic oxidation sites excluding steroid dienone is 5. The van der Waals surface area contributed by atoms with Gasteiger partial charge in [0, 0.05) is 0 Å². The molecule has 0 saturated carbocycles. The Hall–Kier alpha value is -1.43. The zero-order valence-corrected chi connectivity index (χ0v) is 34.0. The molecule has 0 aromatic rings. The number of amides is 1. The summed E-state index contributed by atoms with van der Waals surface area (Å²) in [5.41, 5.74) is 0. The molecular weight excluding hydrogens is 631 g/mol. The molecule has 0 aromatic heterocycles. The van der Waals surface area contributed by atoms with E-state index in [1.54, 1.807) is 6.08 Å². The van der Waals surface area contributed by atoms with Crippen LogP contribution < -0.4 is 5.32 Å². The van der Waals surface area contributed by atoms with E-state index in [4.69, 9.17) is 0 Å². The molecule has 3 unspecified atom stereocenters. The van der Waals surface area contributed by atoms with Gasteiger partial charge in [0.2, 0.25) is 5.91 Å². The zero-order valence-electron chi connectivity index (χ0n) is 34.0. The van der Waals surface area contributed by atoms with Crippen LogP contribution in [0.2, 0.25) is 0 Å².